The van der Waals surface area contributed by atoms with Gasteiger partial charge in [-0.3, -0.25) is 4.79 Å². The van der Waals surface area contributed by atoms with Crippen LogP contribution in [-0.2, 0) is 4.79 Å². The molecule has 3 unspecified atom stereocenters. The lowest BCUT2D eigenvalue weighted by molar-refractivity contribution is -0.124. The van der Waals surface area contributed by atoms with Gasteiger partial charge in [0.2, 0.25) is 0 Å². The number of rotatable bonds is 1. The summed E-state index contributed by atoms with van der Waals surface area (Å²) < 4.78 is 0. The minimum atomic E-state index is 0.321. The standard InChI is InChI=1S/C14H22O/c1-9-4-6-12-10(2)5-7-13(11(3)15)14(12)8-9/h8,10,12-14H,4-7H2,1-3H3/t10-,12?,13?,14?/m1/s1. The van der Waals surface area contributed by atoms with Gasteiger partial charge in [0, 0.05) is 5.92 Å². The molecule has 2 rings (SSSR count). The van der Waals surface area contributed by atoms with Crippen molar-refractivity contribution in [1.29, 1.82) is 0 Å². The van der Waals surface area contributed by atoms with Gasteiger partial charge in [-0.25, -0.2) is 0 Å². The van der Waals surface area contributed by atoms with Crippen molar-refractivity contribution in [3.8, 4) is 0 Å². The Hall–Kier alpha value is -0.590. The second kappa shape index (κ2) is 4.11. The molecule has 0 bridgehead atoms. The van der Waals surface area contributed by atoms with Gasteiger partial charge in [-0.2, -0.15) is 0 Å². The van der Waals surface area contributed by atoms with Crippen LogP contribution in [0.4, 0.5) is 0 Å². The lowest BCUT2D eigenvalue weighted by Gasteiger charge is -2.42. The molecular formula is C14H22O. The van der Waals surface area contributed by atoms with E-state index in [4.69, 9.17) is 0 Å². The molecule has 0 amide bonds. The Morgan fingerprint density at radius 3 is 2.73 bits per heavy atom. The van der Waals surface area contributed by atoms with E-state index >= 15 is 0 Å². The van der Waals surface area contributed by atoms with E-state index in [1.165, 1.54) is 24.8 Å². The fraction of sp³-hybridized carbons (Fsp3) is 0.786. The van der Waals surface area contributed by atoms with E-state index in [2.05, 4.69) is 19.9 Å². The molecule has 4 atom stereocenters. The molecule has 0 aromatic carbocycles. The smallest absolute Gasteiger partial charge is 0.133 e. The second-order valence-corrected chi connectivity index (χ2v) is 5.56. The molecule has 0 aromatic heterocycles. The third-order valence-corrected chi connectivity index (χ3v) is 4.49. The molecule has 2 aliphatic carbocycles. The lowest BCUT2D eigenvalue weighted by atomic mass is 9.62. The predicted molar refractivity (Wildman–Crippen MR) is 62.5 cm³/mol. The summed E-state index contributed by atoms with van der Waals surface area (Å²) in [7, 11) is 0. The number of Topliss-reactive ketones (excluding diaryl/α,β-unsaturated/α-hetero) is 1. The number of hydrogen-bond donors (Lipinski definition) is 0. The van der Waals surface area contributed by atoms with E-state index in [9.17, 15) is 4.79 Å². The van der Waals surface area contributed by atoms with Gasteiger partial charge in [0.15, 0.2) is 0 Å². The Kier molecular flexibility index (Phi) is 2.99. The molecule has 1 heteroatoms. The summed E-state index contributed by atoms with van der Waals surface area (Å²) in [4.78, 5) is 11.6. The first-order chi connectivity index (χ1) is 7.09. The van der Waals surface area contributed by atoms with Gasteiger partial charge in [-0.15, -0.1) is 0 Å². The molecule has 1 nitrogen and oxygen atoms in total. The van der Waals surface area contributed by atoms with Crippen LogP contribution >= 0.6 is 0 Å². The topological polar surface area (TPSA) is 17.1 Å². The molecule has 84 valence electrons. The van der Waals surface area contributed by atoms with E-state index in [0.717, 1.165) is 18.3 Å². The summed E-state index contributed by atoms with van der Waals surface area (Å²) in [6.07, 6.45) is 7.31. The maximum absolute atomic E-state index is 11.6. The highest BCUT2D eigenvalue weighted by atomic mass is 16.1. The van der Waals surface area contributed by atoms with Crippen molar-refractivity contribution < 1.29 is 4.79 Å². The van der Waals surface area contributed by atoms with Crippen molar-refractivity contribution in [1.82, 2.24) is 0 Å². The van der Waals surface area contributed by atoms with Crippen LogP contribution in [0.1, 0.15) is 46.5 Å². The molecule has 1 fully saturated rings. The van der Waals surface area contributed by atoms with Crippen molar-refractivity contribution in [2.24, 2.45) is 23.7 Å². The third-order valence-electron chi connectivity index (χ3n) is 4.49. The van der Waals surface area contributed by atoms with Crippen LogP contribution in [0, 0.1) is 23.7 Å². The van der Waals surface area contributed by atoms with Gasteiger partial charge in [-0.05, 0) is 57.3 Å². The zero-order valence-electron chi connectivity index (χ0n) is 10.1. The lowest BCUT2D eigenvalue weighted by Crippen LogP contribution is -2.37. The average Bonchev–Trinajstić information content (AvgIpc) is 2.17. The first-order valence-electron chi connectivity index (χ1n) is 6.27. The van der Waals surface area contributed by atoms with Crippen molar-refractivity contribution in [3.05, 3.63) is 11.6 Å². The SMILES string of the molecule is CC(=O)C1CC[C@@H](C)C2CCC(C)=CC12. The Morgan fingerprint density at radius 1 is 1.33 bits per heavy atom. The molecule has 0 saturated heterocycles. The highest BCUT2D eigenvalue weighted by molar-refractivity contribution is 5.79. The molecule has 0 aliphatic heterocycles. The highest BCUT2D eigenvalue weighted by Gasteiger charge is 2.39. The van der Waals surface area contributed by atoms with Gasteiger partial charge >= 0.3 is 0 Å². The van der Waals surface area contributed by atoms with Crippen LogP contribution < -0.4 is 0 Å². The molecule has 1 saturated carbocycles. The van der Waals surface area contributed by atoms with E-state index < -0.39 is 0 Å². The summed E-state index contributed by atoms with van der Waals surface area (Å²) in [5, 5.41) is 0. The van der Waals surface area contributed by atoms with Gasteiger partial charge < -0.3 is 0 Å². The molecule has 0 radical (unpaired) electrons. The number of carbonyl (C=O) groups is 1. The molecule has 0 heterocycles. The Morgan fingerprint density at radius 2 is 2.07 bits per heavy atom. The van der Waals surface area contributed by atoms with Gasteiger partial charge in [0.1, 0.15) is 5.78 Å². The van der Waals surface area contributed by atoms with Gasteiger partial charge in [0.05, 0.1) is 0 Å². The van der Waals surface area contributed by atoms with Crippen LogP contribution in [0.5, 0.6) is 0 Å². The maximum Gasteiger partial charge on any atom is 0.133 e. The number of carbonyl (C=O) groups excluding carboxylic acids is 1. The predicted octanol–water partition coefficient (Wildman–Crippen LogP) is 3.59. The highest BCUT2D eigenvalue weighted by Crippen LogP contribution is 2.45. The fourth-order valence-electron chi connectivity index (χ4n) is 3.52. The Bertz CT molecular complexity index is 290. The van der Waals surface area contributed by atoms with Crippen molar-refractivity contribution in [3.63, 3.8) is 0 Å². The molecule has 0 spiro atoms. The molecule has 15 heavy (non-hydrogen) atoms. The second-order valence-electron chi connectivity index (χ2n) is 5.56. The minimum absolute atomic E-state index is 0.321. The number of allylic oxidation sites excluding steroid dienone is 2. The zero-order chi connectivity index (χ0) is 11.0. The number of hydrogen-bond acceptors (Lipinski definition) is 1. The van der Waals surface area contributed by atoms with Gasteiger partial charge in [0.25, 0.3) is 0 Å². The van der Waals surface area contributed by atoms with Crippen LogP contribution in [-0.4, -0.2) is 5.78 Å². The quantitative estimate of drug-likeness (QED) is 0.599. The summed E-state index contributed by atoms with van der Waals surface area (Å²) in [5.41, 5.74) is 1.50. The summed E-state index contributed by atoms with van der Waals surface area (Å²) >= 11 is 0. The zero-order valence-corrected chi connectivity index (χ0v) is 10.1. The Balaban J connectivity index is 2.24. The third kappa shape index (κ3) is 2.02. The molecule has 2 aliphatic rings. The normalized spacial score (nSPS) is 40.6. The van der Waals surface area contributed by atoms with E-state index in [0.29, 0.717) is 17.6 Å². The van der Waals surface area contributed by atoms with Crippen molar-refractivity contribution >= 4 is 5.78 Å². The van der Waals surface area contributed by atoms with E-state index in [1.54, 1.807) is 6.92 Å². The summed E-state index contributed by atoms with van der Waals surface area (Å²) in [6, 6.07) is 0. The van der Waals surface area contributed by atoms with Crippen LogP contribution in [0.15, 0.2) is 11.6 Å². The summed E-state index contributed by atoms with van der Waals surface area (Å²) in [5.74, 6) is 2.87. The molecular weight excluding hydrogens is 184 g/mol. The minimum Gasteiger partial charge on any atom is -0.300 e. The van der Waals surface area contributed by atoms with E-state index in [1.807, 2.05) is 0 Å². The summed E-state index contributed by atoms with van der Waals surface area (Å²) in [6.45, 7) is 6.35. The number of ketones is 1. The van der Waals surface area contributed by atoms with Crippen LogP contribution in [0.25, 0.3) is 0 Å². The molecule has 0 N–H and O–H groups in total. The van der Waals surface area contributed by atoms with Crippen LogP contribution in [0.2, 0.25) is 0 Å². The van der Waals surface area contributed by atoms with Crippen molar-refractivity contribution in [2.75, 3.05) is 0 Å². The van der Waals surface area contributed by atoms with Crippen molar-refractivity contribution in [2.45, 2.75) is 46.5 Å². The Labute approximate surface area is 92.9 Å². The first kappa shape index (κ1) is 10.9. The largest absolute Gasteiger partial charge is 0.300 e. The maximum atomic E-state index is 11.6. The first-order valence-corrected chi connectivity index (χ1v) is 6.27. The van der Waals surface area contributed by atoms with Gasteiger partial charge in [-0.1, -0.05) is 18.6 Å². The van der Waals surface area contributed by atoms with Crippen LogP contribution in [0.3, 0.4) is 0 Å². The molecule has 0 aromatic rings. The average molecular weight is 206 g/mol. The fourth-order valence-corrected chi connectivity index (χ4v) is 3.52. The van der Waals surface area contributed by atoms with E-state index in [-0.39, 0.29) is 0 Å². The monoisotopic (exact) mass is 206 g/mol. The number of fused-ring (bicyclic) bond motifs is 1.